The zero-order chi connectivity index (χ0) is 20.8. The standard InChI is InChI=1S/C20H24N2O7/c1-28-16-5-14(22(26)27)2-3-15(16)21-17(23)10-29-18(24)19-6-12-4-13(7-19)9-20(25,8-12)11-19/h2-3,5,12-13,25H,4,6-11H2,1H3,(H,21,23). The Balaban J connectivity index is 1.38. The number of benzene rings is 1. The molecule has 156 valence electrons. The number of esters is 1. The third-order valence-corrected chi connectivity index (χ3v) is 6.47. The predicted octanol–water partition coefficient (Wildman–Crippen LogP) is 2.42. The Bertz CT molecular complexity index is 854. The van der Waals surface area contributed by atoms with Crippen molar-refractivity contribution in [3.8, 4) is 5.75 Å². The van der Waals surface area contributed by atoms with Crippen LogP contribution in [0.4, 0.5) is 11.4 Å². The maximum absolute atomic E-state index is 12.8. The average molecular weight is 404 g/mol. The molecule has 9 nitrogen and oxygen atoms in total. The molecular weight excluding hydrogens is 380 g/mol. The van der Waals surface area contributed by atoms with Gasteiger partial charge in [-0.2, -0.15) is 0 Å². The Kier molecular flexibility index (Phi) is 4.72. The Morgan fingerprint density at radius 1 is 1.28 bits per heavy atom. The maximum Gasteiger partial charge on any atom is 0.312 e. The second kappa shape index (κ2) is 6.98. The summed E-state index contributed by atoms with van der Waals surface area (Å²) < 4.78 is 10.4. The molecule has 0 aromatic heterocycles. The molecule has 1 aromatic rings. The largest absolute Gasteiger partial charge is 0.494 e. The van der Waals surface area contributed by atoms with Crippen LogP contribution in [0.3, 0.4) is 0 Å². The Hall–Kier alpha value is -2.68. The van der Waals surface area contributed by atoms with Crippen molar-refractivity contribution in [2.75, 3.05) is 19.0 Å². The van der Waals surface area contributed by atoms with E-state index in [1.807, 2.05) is 0 Å². The molecule has 9 heteroatoms. The molecule has 1 aromatic carbocycles. The zero-order valence-electron chi connectivity index (χ0n) is 16.2. The second-order valence-electron chi connectivity index (χ2n) is 8.73. The van der Waals surface area contributed by atoms with Crippen LogP contribution < -0.4 is 10.1 Å². The van der Waals surface area contributed by atoms with Crippen LogP contribution in [-0.4, -0.2) is 41.2 Å². The van der Waals surface area contributed by atoms with Gasteiger partial charge in [-0.1, -0.05) is 0 Å². The monoisotopic (exact) mass is 404 g/mol. The first-order chi connectivity index (χ1) is 13.7. The Morgan fingerprint density at radius 3 is 2.55 bits per heavy atom. The molecule has 29 heavy (non-hydrogen) atoms. The lowest BCUT2D eigenvalue weighted by molar-refractivity contribution is -0.384. The summed E-state index contributed by atoms with van der Waals surface area (Å²) in [6.45, 7) is -0.464. The number of nitro groups is 1. The van der Waals surface area contributed by atoms with Gasteiger partial charge in [-0.05, 0) is 56.4 Å². The quantitative estimate of drug-likeness (QED) is 0.423. The van der Waals surface area contributed by atoms with Gasteiger partial charge in [-0.15, -0.1) is 0 Å². The van der Waals surface area contributed by atoms with Crippen molar-refractivity contribution in [2.24, 2.45) is 17.3 Å². The van der Waals surface area contributed by atoms with Gasteiger partial charge in [0.25, 0.3) is 11.6 Å². The van der Waals surface area contributed by atoms with E-state index in [0.29, 0.717) is 31.1 Å². The Labute approximate surface area is 167 Å². The predicted molar refractivity (Wildman–Crippen MR) is 101 cm³/mol. The van der Waals surface area contributed by atoms with Crippen LogP contribution in [0.1, 0.15) is 38.5 Å². The number of hydrogen-bond donors (Lipinski definition) is 2. The molecule has 5 rings (SSSR count). The lowest BCUT2D eigenvalue weighted by atomic mass is 9.48. The molecule has 0 aliphatic heterocycles. The van der Waals surface area contributed by atoms with Crippen LogP contribution in [0.5, 0.6) is 5.75 Å². The van der Waals surface area contributed by atoms with E-state index in [4.69, 9.17) is 9.47 Å². The number of nitrogens with one attached hydrogen (secondary N) is 1. The molecule has 4 aliphatic carbocycles. The molecule has 0 heterocycles. The SMILES string of the molecule is COc1cc([N+](=O)[O-])ccc1NC(=O)COC(=O)C12CC3CC(CC(O)(C3)C1)C2. The summed E-state index contributed by atoms with van der Waals surface area (Å²) in [6, 6.07) is 3.82. The third kappa shape index (κ3) is 3.66. The number of amides is 1. The van der Waals surface area contributed by atoms with Gasteiger partial charge in [0, 0.05) is 6.07 Å². The maximum atomic E-state index is 12.8. The number of carbonyl (C=O) groups excluding carboxylic acids is 2. The van der Waals surface area contributed by atoms with Crippen molar-refractivity contribution < 1.29 is 29.1 Å². The lowest BCUT2D eigenvalue weighted by Gasteiger charge is -2.58. The summed E-state index contributed by atoms with van der Waals surface area (Å²) in [4.78, 5) is 35.4. The second-order valence-corrected chi connectivity index (χ2v) is 8.73. The van der Waals surface area contributed by atoms with Crippen molar-refractivity contribution in [2.45, 2.75) is 44.1 Å². The number of anilines is 1. The molecule has 4 saturated carbocycles. The van der Waals surface area contributed by atoms with Crippen LogP contribution in [0.15, 0.2) is 18.2 Å². The summed E-state index contributed by atoms with van der Waals surface area (Å²) in [6.07, 6.45) is 4.38. The summed E-state index contributed by atoms with van der Waals surface area (Å²) in [5.41, 5.74) is -1.38. The molecule has 0 spiro atoms. The highest BCUT2D eigenvalue weighted by molar-refractivity contribution is 5.94. The normalized spacial score (nSPS) is 31.9. The van der Waals surface area contributed by atoms with Crippen LogP contribution in [0.2, 0.25) is 0 Å². The highest BCUT2D eigenvalue weighted by Gasteiger charge is 2.60. The molecular formula is C20H24N2O7. The summed E-state index contributed by atoms with van der Waals surface area (Å²) in [5.74, 6) is -0.161. The van der Waals surface area contributed by atoms with Gasteiger partial charge in [0.15, 0.2) is 6.61 Å². The first-order valence-electron chi connectivity index (χ1n) is 9.74. The minimum Gasteiger partial charge on any atom is -0.494 e. The fourth-order valence-electron chi connectivity index (χ4n) is 5.82. The first-order valence-corrected chi connectivity index (χ1v) is 9.74. The van der Waals surface area contributed by atoms with Gasteiger partial charge in [-0.25, -0.2) is 0 Å². The minimum absolute atomic E-state index is 0.141. The molecule has 4 bridgehead atoms. The van der Waals surface area contributed by atoms with Gasteiger partial charge in [0.05, 0.1) is 34.8 Å². The number of hydrogen-bond acceptors (Lipinski definition) is 7. The van der Waals surface area contributed by atoms with E-state index in [1.54, 1.807) is 0 Å². The molecule has 2 unspecified atom stereocenters. The molecule has 2 N–H and O–H groups in total. The van der Waals surface area contributed by atoms with E-state index in [1.165, 1.54) is 25.3 Å². The number of aliphatic hydroxyl groups is 1. The first kappa shape index (κ1) is 19.6. The summed E-state index contributed by atoms with van der Waals surface area (Å²) in [7, 11) is 1.34. The topological polar surface area (TPSA) is 128 Å². The molecule has 4 fully saturated rings. The van der Waals surface area contributed by atoms with Crippen LogP contribution in [0.25, 0.3) is 0 Å². The number of nitro benzene ring substituents is 1. The van der Waals surface area contributed by atoms with E-state index < -0.39 is 34.4 Å². The van der Waals surface area contributed by atoms with Crippen LogP contribution >= 0.6 is 0 Å². The van der Waals surface area contributed by atoms with Crippen molar-refractivity contribution >= 4 is 23.3 Å². The van der Waals surface area contributed by atoms with Crippen LogP contribution in [0, 0.1) is 27.4 Å². The number of non-ortho nitro benzene ring substituents is 1. The number of carbonyl (C=O) groups is 2. The molecule has 1 amide bonds. The summed E-state index contributed by atoms with van der Waals surface area (Å²) >= 11 is 0. The molecule has 2 atom stereocenters. The number of rotatable bonds is 6. The molecule has 0 radical (unpaired) electrons. The van der Waals surface area contributed by atoms with Gasteiger partial charge in [0.1, 0.15) is 5.75 Å². The van der Waals surface area contributed by atoms with Crippen molar-refractivity contribution in [3.63, 3.8) is 0 Å². The van der Waals surface area contributed by atoms with E-state index >= 15 is 0 Å². The van der Waals surface area contributed by atoms with E-state index in [2.05, 4.69) is 5.32 Å². The highest BCUT2D eigenvalue weighted by Crippen LogP contribution is 2.61. The Morgan fingerprint density at radius 2 is 1.97 bits per heavy atom. The van der Waals surface area contributed by atoms with Gasteiger partial charge >= 0.3 is 5.97 Å². The number of nitrogens with zero attached hydrogens (tertiary/aromatic N) is 1. The lowest BCUT2D eigenvalue weighted by Crippen LogP contribution is -2.58. The smallest absolute Gasteiger partial charge is 0.312 e. The van der Waals surface area contributed by atoms with Crippen molar-refractivity contribution in [3.05, 3.63) is 28.3 Å². The van der Waals surface area contributed by atoms with Gasteiger partial charge < -0.3 is 19.9 Å². The van der Waals surface area contributed by atoms with E-state index in [9.17, 15) is 24.8 Å². The van der Waals surface area contributed by atoms with E-state index in [0.717, 1.165) is 19.3 Å². The number of methoxy groups -OCH3 is 1. The van der Waals surface area contributed by atoms with Crippen molar-refractivity contribution in [1.82, 2.24) is 0 Å². The third-order valence-electron chi connectivity index (χ3n) is 6.47. The molecule has 0 saturated heterocycles. The van der Waals surface area contributed by atoms with Crippen molar-refractivity contribution in [1.29, 1.82) is 0 Å². The zero-order valence-corrected chi connectivity index (χ0v) is 16.2. The van der Waals surface area contributed by atoms with Gasteiger partial charge in [0.2, 0.25) is 0 Å². The summed E-state index contributed by atoms with van der Waals surface area (Å²) in [5, 5.41) is 24.2. The average Bonchev–Trinajstić information content (AvgIpc) is 2.64. The highest BCUT2D eigenvalue weighted by atomic mass is 16.6. The fraction of sp³-hybridized carbons (Fsp3) is 0.600. The van der Waals surface area contributed by atoms with Crippen LogP contribution in [-0.2, 0) is 14.3 Å². The fourth-order valence-corrected chi connectivity index (χ4v) is 5.82. The number of ether oxygens (including phenoxy) is 2. The minimum atomic E-state index is -0.780. The molecule has 4 aliphatic rings. The van der Waals surface area contributed by atoms with Gasteiger partial charge in [-0.3, -0.25) is 19.7 Å². The van der Waals surface area contributed by atoms with E-state index in [-0.39, 0.29) is 17.1 Å².